The lowest BCUT2D eigenvalue weighted by Crippen LogP contribution is -1.95. The van der Waals surface area contributed by atoms with Gasteiger partial charge in [0.25, 0.3) is 0 Å². The maximum absolute atomic E-state index is 10.7. The fraction of sp³-hybridized carbons (Fsp3) is 0.231. The normalized spacial score (nSPS) is 10.5. The van der Waals surface area contributed by atoms with Crippen LogP contribution in [0.4, 0.5) is 0 Å². The van der Waals surface area contributed by atoms with Crippen molar-refractivity contribution in [1.29, 1.82) is 0 Å². The topological polar surface area (TPSA) is 72.6 Å². The molecule has 1 aromatic heterocycles. The van der Waals surface area contributed by atoms with Crippen molar-refractivity contribution in [2.24, 2.45) is 0 Å². The SMILES string of the molecule is COCCc1cccc(-c2cc(C(=O)O)no2)c1. The van der Waals surface area contributed by atoms with Crippen LogP contribution >= 0.6 is 0 Å². The Balaban J connectivity index is 2.23. The molecule has 1 aromatic carbocycles. The predicted octanol–water partition coefficient (Wildman–Crippen LogP) is 2.23. The summed E-state index contributed by atoms with van der Waals surface area (Å²) in [5.41, 5.74) is 1.82. The van der Waals surface area contributed by atoms with E-state index in [1.54, 1.807) is 7.11 Å². The molecule has 0 aliphatic rings. The fourth-order valence-corrected chi connectivity index (χ4v) is 1.61. The maximum atomic E-state index is 10.7. The second kappa shape index (κ2) is 5.46. The zero-order chi connectivity index (χ0) is 13.0. The first kappa shape index (κ1) is 12.3. The minimum Gasteiger partial charge on any atom is -0.476 e. The van der Waals surface area contributed by atoms with Crippen LogP contribution in [-0.4, -0.2) is 29.9 Å². The summed E-state index contributed by atoms with van der Waals surface area (Å²) in [5.74, 6) is -0.646. The van der Waals surface area contributed by atoms with Crippen LogP contribution < -0.4 is 0 Å². The van der Waals surface area contributed by atoms with Crippen molar-refractivity contribution in [3.05, 3.63) is 41.6 Å². The van der Waals surface area contributed by atoms with E-state index in [1.165, 1.54) is 6.07 Å². The molecule has 2 aromatic rings. The van der Waals surface area contributed by atoms with Gasteiger partial charge in [-0.3, -0.25) is 0 Å². The Kier molecular flexibility index (Phi) is 3.74. The molecule has 0 amide bonds. The second-order valence-corrected chi connectivity index (χ2v) is 3.82. The summed E-state index contributed by atoms with van der Waals surface area (Å²) in [7, 11) is 1.65. The van der Waals surface area contributed by atoms with Gasteiger partial charge in [0, 0.05) is 18.7 Å². The van der Waals surface area contributed by atoms with E-state index in [0.717, 1.165) is 17.5 Å². The molecule has 1 N–H and O–H groups in total. The molecule has 0 saturated heterocycles. The quantitative estimate of drug-likeness (QED) is 0.877. The molecule has 0 aliphatic heterocycles. The highest BCUT2D eigenvalue weighted by molar-refractivity contribution is 5.86. The number of aromatic carboxylic acids is 1. The van der Waals surface area contributed by atoms with Crippen LogP contribution in [0.3, 0.4) is 0 Å². The van der Waals surface area contributed by atoms with Gasteiger partial charge in [-0.25, -0.2) is 4.79 Å². The minimum absolute atomic E-state index is 0.0905. The summed E-state index contributed by atoms with van der Waals surface area (Å²) in [6.07, 6.45) is 0.796. The zero-order valence-corrected chi connectivity index (χ0v) is 9.92. The molecular formula is C13H13NO4. The van der Waals surface area contributed by atoms with E-state index >= 15 is 0 Å². The average molecular weight is 247 g/mol. The molecule has 0 radical (unpaired) electrons. The highest BCUT2D eigenvalue weighted by Gasteiger charge is 2.12. The number of benzene rings is 1. The summed E-state index contributed by atoms with van der Waals surface area (Å²) >= 11 is 0. The summed E-state index contributed by atoms with van der Waals surface area (Å²) in [4.78, 5) is 10.7. The molecule has 1 heterocycles. The molecule has 0 bridgehead atoms. The van der Waals surface area contributed by atoms with E-state index in [0.29, 0.717) is 12.4 Å². The standard InChI is InChI=1S/C13H13NO4/c1-17-6-5-9-3-2-4-10(7-9)12-8-11(13(15)16)14-18-12/h2-4,7-8H,5-6H2,1H3,(H,15,16). The van der Waals surface area contributed by atoms with Crippen LogP contribution in [0.2, 0.25) is 0 Å². The van der Waals surface area contributed by atoms with E-state index in [9.17, 15) is 4.79 Å². The maximum Gasteiger partial charge on any atom is 0.358 e. The molecule has 5 nitrogen and oxygen atoms in total. The molecule has 0 saturated carbocycles. The first-order valence-corrected chi connectivity index (χ1v) is 5.49. The van der Waals surface area contributed by atoms with E-state index in [2.05, 4.69) is 5.16 Å². The second-order valence-electron chi connectivity index (χ2n) is 3.82. The Morgan fingerprint density at radius 1 is 1.44 bits per heavy atom. The third kappa shape index (κ3) is 2.75. The van der Waals surface area contributed by atoms with Gasteiger partial charge >= 0.3 is 5.97 Å². The average Bonchev–Trinajstić information content (AvgIpc) is 2.86. The van der Waals surface area contributed by atoms with Crippen LogP contribution in [0.25, 0.3) is 11.3 Å². The van der Waals surface area contributed by atoms with Gasteiger partial charge in [-0.2, -0.15) is 0 Å². The molecule has 0 spiro atoms. The molecule has 5 heteroatoms. The highest BCUT2D eigenvalue weighted by atomic mass is 16.5. The number of rotatable bonds is 5. The molecule has 0 aliphatic carbocycles. The van der Waals surface area contributed by atoms with Crippen molar-refractivity contribution in [2.45, 2.75) is 6.42 Å². The van der Waals surface area contributed by atoms with Crippen molar-refractivity contribution in [1.82, 2.24) is 5.16 Å². The van der Waals surface area contributed by atoms with Crippen LogP contribution in [0.15, 0.2) is 34.9 Å². The smallest absolute Gasteiger partial charge is 0.358 e. The van der Waals surface area contributed by atoms with Gasteiger partial charge in [-0.15, -0.1) is 0 Å². The molecule has 0 unspecified atom stereocenters. The summed E-state index contributed by atoms with van der Waals surface area (Å²) in [5, 5.41) is 12.3. The lowest BCUT2D eigenvalue weighted by molar-refractivity contribution is 0.0686. The van der Waals surface area contributed by atoms with Gasteiger partial charge in [0.05, 0.1) is 6.61 Å². The van der Waals surface area contributed by atoms with Gasteiger partial charge in [0.15, 0.2) is 11.5 Å². The largest absolute Gasteiger partial charge is 0.476 e. The molecule has 0 fully saturated rings. The van der Waals surface area contributed by atoms with Gasteiger partial charge < -0.3 is 14.4 Å². The summed E-state index contributed by atoms with van der Waals surface area (Å²) in [6, 6.07) is 9.08. The Bertz CT molecular complexity index is 547. The third-order valence-electron chi connectivity index (χ3n) is 2.54. The lowest BCUT2D eigenvalue weighted by Gasteiger charge is -2.02. The van der Waals surface area contributed by atoms with Gasteiger partial charge in [0.2, 0.25) is 0 Å². The molecule has 94 valence electrons. The Morgan fingerprint density at radius 3 is 2.94 bits per heavy atom. The van der Waals surface area contributed by atoms with Crippen LogP contribution in [-0.2, 0) is 11.2 Å². The van der Waals surface area contributed by atoms with Crippen molar-refractivity contribution in [3.8, 4) is 11.3 Å². The van der Waals surface area contributed by atoms with E-state index in [4.69, 9.17) is 14.4 Å². The minimum atomic E-state index is -1.10. The lowest BCUT2D eigenvalue weighted by atomic mass is 10.1. The Hall–Kier alpha value is -2.14. The molecule has 2 rings (SSSR count). The van der Waals surface area contributed by atoms with Gasteiger partial charge in [-0.1, -0.05) is 23.4 Å². The number of hydrogen-bond acceptors (Lipinski definition) is 4. The number of methoxy groups -OCH3 is 1. The summed E-state index contributed by atoms with van der Waals surface area (Å²) < 4.78 is 10.0. The number of carboxylic acids is 1. The van der Waals surface area contributed by atoms with Crippen LogP contribution in [0.1, 0.15) is 16.1 Å². The summed E-state index contributed by atoms with van der Waals surface area (Å²) in [6.45, 7) is 0.639. The van der Waals surface area contributed by atoms with Crippen molar-refractivity contribution >= 4 is 5.97 Å². The number of hydrogen-bond donors (Lipinski definition) is 1. The number of nitrogens with zero attached hydrogens (tertiary/aromatic N) is 1. The predicted molar refractivity (Wildman–Crippen MR) is 64.5 cm³/mol. The zero-order valence-electron chi connectivity index (χ0n) is 9.92. The monoisotopic (exact) mass is 247 g/mol. The molecule has 18 heavy (non-hydrogen) atoms. The van der Waals surface area contributed by atoms with Gasteiger partial charge in [0.1, 0.15) is 0 Å². The molecule has 0 atom stereocenters. The third-order valence-corrected chi connectivity index (χ3v) is 2.54. The Labute approximate surface area is 104 Å². The fourth-order valence-electron chi connectivity index (χ4n) is 1.61. The van der Waals surface area contributed by atoms with Crippen molar-refractivity contribution in [2.75, 3.05) is 13.7 Å². The van der Waals surface area contributed by atoms with E-state index in [-0.39, 0.29) is 5.69 Å². The number of ether oxygens (including phenoxy) is 1. The number of carbonyl (C=O) groups is 1. The number of carboxylic acid groups (broad SMARTS) is 1. The van der Waals surface area contributed by atoms with Crippen molar-refractivity contribution < 1.29 is 19.2 Å². The highest BCUT2D eigenvalue weighted by Crippen LogP contribution is 2.21. The van der Waals surface area contributed by atoms with E-state index in [1.807, 2.05) is 24.3 Å². The Morgan fingerprint density at radius 2 is 2.28 bits per heavy atom. The van der Waals surface area contributed by atoms with Crippen LogP contribution in [0.5, 0.6) is 0 Å². The van der Waals surface area contributed by atoms with Crippen molar-refractivity contribution in [3.63, 3.8) is 0 Å². The van der Waals surface area contributed by atoms with Gasteiger partial charge in [-0.05, 0) is 18.1 Å². The first-order valence-electron chi connectivity index (χ1n) is 5.49. The molecular weight excluding hydrogens is 234 g/mol. The van der Waals surface area contributed by atoms with E-state index < -0.39 is 5.97 Å². The first-order chi connectivity index (χ1) is 8.70. The van der Waals surface area contributed by atoms with Crippen LogP contribution in [0, 0.1) is 0 Å². The number of aromatic nitrogens is 1.